The van der Waals surface area contributed by atoms with E-state index in [1.54, 1.807) is 37.4 Å². The van der Waals surface area contributed by atoms with Crippen molar-refractivity contribution in [1.29, 1.82) is 4.78 Å². The van der Waals surface area contributed by atoms with E-state index in [4.69, 9.17) is 9.52 Å². The highest BCUT2D eigenvalue weighted by Gasteiger charge is 2.34. The van der Waals surface area contributed by atoms with Gasteiger partial charge in [-0.25, -0.2) is 27.7 Å². The van der Waals surface area contributed by atoms with E-state index >= 15 is 4.39 Å². The van der Waals surface area contributed by atoms with E-state index < -0.39 is 27.5 Å². The third-order valence-electron chi connectivity index (χ3n) is 6.24. The number of para-hydroxylation sites is 1. The zero-order valence-corrected chi connectivity index (χ0v) is 20.8. The van der Waals surface area contributed by atoms with Crippen LogP contribution >= 0.6 is 0 Å². The summed E-state index contributed by atoms with van der Waals surface area (Å²) in [7, 11) is -3.02. The number of amides is 1. The second kappa shape index (κ2) is 8.37. The summed E-state index contributed by atoms with van der Waals surface area (Å²) in [6.45, 7) is 5.11. The number of rotatable bonds is 4. The van der Waals surface area contributed by atoms with Crippen LogP contribution in [0.3, 0.4) is 0 Å². The van der Waals surface area contributed by atoms with Crippen LogP contribution in [-0.4, -0.2) is 36.8 Å². The molecule has 1 aromatic carbocycles. The first-order valence-corrected chi connectivity index (χ1v) is 13.1. The molecule has 186 valence electrons. The van der Waals surface area contributed by atoms with Gasteiger partial charge in [-0.1, -0.05) is 6.07 Å². The van der Waals surface area contributed by atoms with Crippen LogP contribution in [0.4, 0.5) is 14.5 Å². The van der Waals surface area contributed by atoms with Crippen LogP contribution in [0.2, 0.25) is 0 Å². The smallest absolute Gasteiger partial charge is 0.268 e. The molecule has 1 aliphatic rings. The summed E-state index contributed by atoms with van der Waals surface area (Å²) in [5.41, 5.74) is 3.18. The lowest BCUT2D eigenvalue weighted by Gasteiger charge is -2.33. The van der Waals surface area contributed by atoms with Crippen molar-refractivity contribution >= 4 is 27.0 Å². The molecule has 4 heterocycles. The first-order valence-electron chi connectivity index (χ1n) is 11.1. The average molecular weight is 512 g/mol. The molecule has 2 atom stereocenters. The van der Waals surface area contributed by atoms with E-state index in [9.17, 15) is 13.4 Å². The van der Waals surface area contributed by atoms with Crippen molar-refractivity contribution in [3.63, 3.8) is 0 Å². The van der Waals surface area contributed by atoms with Gasteiger partial charge >= 0.3 is 0 Å². The minimum atomic E-state index is -3.02. The molecule has 1 N–H and O–H groups in total. The number of aromatic nitrogens is 3. The Morgan fingerprint density at radius 3 is 2.61 bits per heavy atom. The van der Waals surface area contributed by atoms with E-state index in [1.165, 1.54) is 41.6 Å². The Bertz CT molecular complexity index is 1670. The molecule has 0 saturated carbocycles. The largest absolute Gasteiger partial charge is 0.476 e. The number of halogens is 2. The number of carbonyl (C=O) groups is 1. The van der Waals surface area contributed by atoms with Gasteiger partial charge in [-0.05, 0) is 44.5 Å². The summed E-state index contributed by atoms with van der Waals surface area (Å²) in [4.78, 5) is 23.0. The van der Waals surface area contributed by atoms with Crippen molar-refractivity contribution in [3.05, 3.63) is 71.3 Å². The molecule has 0 spiro atoms. The predicted molar refractivity (Wildman–Crippen MR) is 131 cm³/mol. The van der Waals surface area contributed by atoms with Gasteiger partial charge in [0.15, 0.2) is 17.7 Å². The van der Waals surface area contributed by atoms with E-state index in [2.05, 4.69) is 9.97 Å². The third-order valence-corrected chi connectivity index (χ3v) is 7.26. The fraction of sp³-hybridized carbons (Fsp3) is 0.240. The summed E-state index contributed by atoms with van der Waals surface area (Å²) in [5.74, 6) is -1.42. The van der Waals surface area contributed by atoms with Gasteiger partial charge in [-0.2, -0.15) is 0 Å². The second-order valence-corrected chi connectivity index (χ2v) is 11.0. The summed E-state index contributed by atoms with van der Waals surface area (Å²) in [5, 5.41) is 0.121. The number of hydrogen-bond donors (Lipinski definition) is 1. The molecule has 4 aromatic rings. The van der Waals surface area contributed by atoms with E-state index in [0.717, 1.165) is 0 Å². The number of imidazole rings is 1. The van der Waals surface area contributed by atoms with Crippen molar-refractivity contribution in [3.8, 4) is 16.9 Å². The lowest BCUT2D eigenvalue weighted by atomic mass is 10.0. The number of ether oxygens (including phenoxy) is 1. The predicted octanol–water partition coefficient (Wildman–Crippen LogP) is 4.64. The van der Waals surface area contributed by atoms with Crippen molar-refractivity contribution in [2.45, 2.75) is 38.4 Å². The van der Waals surface area contributed by atoms with Gasteiger partial charge in [0.25, 0.3) is 5.91 Å². The number of hydrogen-bond acceptors (Lipinski definition) is 6. The molecular weight excluding hydrogens is 488 g/mol. The Morgan fingerprint density at radius 1 is 1.17 bits per heavy atom. The Hall–Kier alpha value is -3.86. The highest BCUT2D eigenvalue weighted by Crippen LogP contribution is 2.37. The Labute approximate surface area is 206 Å². The molecule has 3 aromatic heterocycles. The Kier molecular flexibility index (Phi) is 5.55. The molecular formula is C25H23F2N5O3S. The van der Waals surface area contributed by atoms with Gasteiger partial charge < -0.3 is 9.14 Å². The van der Waals surface area contributed by atoms with Crippen molar-refractivity contribution in [1.82, 2.24) is 14.4 Å². The third kappa shape index (κ3) is 3.89. The molecule has 0 fully saturated rings. The van der Waals surface area contributed by atoms with Gasteiger partial charge in [0.1, 0.15) is 16.5 Å². The Balaban J connectivity index is 1.63. The number of nitrogens with zero attached hydrogens (tertiary/aromatic N) is 4. The molecule has 5 rings (SSSR count). The maximum absolute atomic E-state index is 15.2. The summed E-state index contributed by atoms with van der Waals surface area (Å²) < 4.78 is 56.6. The Morgan fingerprint density at radius 2 is 1.92 bits per heavy atom. The molecule has 0 aliphatic carbocycles. The number of nitrogens with one attached hydrogen (secondary N) is 1. The monoisotopic (exact) mass is 511 g/mol. The van der Waals surface area contributed by atoms with Crippen molar-refractivity contribution in [2.75, 3.05) is 11.2 Å². The van der Waals surface area contributed by atoms with Crippen molar-refractivity contribution < 1.29 is 22.5 Å². The maximum Gasteiger partial charge on any atom is 0.268 e. The first kappa shape index (κ1) is 23.9. The first-order chi connectivity index (χ1) is 17.0. The average Bonchev–Trinajstić information content (AvgIpc) is 3.10. The standard InChI is InChI=1S/C25H23F2N5O3S/c1-13-8-23(36(4,28)34)29-10-16(13)17-11-31-21(14(2)30-22(31)9-19(17)27)12-32-20-7-5-6-18(26)24(20)35-15(3)25(32)33/h5-11,15,28H,12H2,1-4H3/t15-,36?/m1/s1. The molecule has 0 saturated heterocycles. The second-order valence-electron chi connectivity index (χ2n) is 8.86. The normalized spacial score (nSPS) is 17.1. The van der Waals surface area contributed by atoms with Crippen LogP contribution in [0.5, 0.6) is 5.75 Å². The number of anilines is 1. The molecule has 8 nitrogen and oxygen atoms in total. The fourth-order valence-corrected chi connectivity index (χ4v) is 5.00. The number of benzene rings is 1. The van der Waals surface area contributed by atoms with E-state index in [-0.39, 0.29) is 28.8 Å². The quantitative estimate of drug-likeness (QED) is 0.430. The zero-order chi connectivity index (χ0) is 25.9. The highest BCUT2D eigenvalue weighted by molar-refractivity contribution is 7.91. The maximum atomic E-state index is 15.2. The van der Waals surface area contributed by atoms with Crippen LogP contribution in [-0.2, 0) is 21.1 Å². The van der Waals surface area contributed by atoms with E-state index in [0.29, 0.717) is 33.8 Å². The van der Waals surface area contributed by atoms with Crippen molar-refractivity contribution in [2.24, 2.45) is 0 Å². The molecule has 0 radical (unpaired) electrons. The van der Waals surface area contributed by atoms with E-state index in [1.807, 2.05) is 0 Å². The summed E-state index contributed by atoms with van der Waals surface area (Å²) in [6.07, 6.45) is 3.39. The van der Waals surface area contributed by atoms with Crippen LogP contribution < -0.4 is 9.64 Å². The van der Waals surface area contributed by atoms with Crippen LogP contribution in [0, 0.1) is 30.3 Å². The van der Waals surface area contributed by atoms with Gasteiger partial charge in [-0.3, -0.25) is 9.69 Å². The SMILES string of the molecule is Cc1cc(S(C)(=N)=O)ncc1-c1cn2c(CN3C(=O)[C@@H](C)Oc4c(F)cccc43)c(C)nc2cc1F. The highest BCUT2D eigenvalue weighted by atomic mass is 32.2. The lowest BCUT2D eigenvalue weighted by Crippen LogP contribution is -2.44. The molecule has 1 amide bonds. The zero-order valence-electron chi connectivity index (χ0n) is 20.0. The van der Waals surface area contributed by atoms with Gasteiger partial charge in [-0.15, -0.1) is 0 Å². The van der Waals surface area contributed by atoms with Crippen LogP contribution in [0.25, 0.3) is 16.8 Å². The van der Waals surface area contributed by atoms with Gasteiger partial charge in [0.05, 0.1) is 33.3 Å². The molecule has 36 heavy (non-hydrogen) atoms. The number of aryl methyl sites for hydroxylation is 2. The molecule has 1 unspecified atom stereocenters. The number of fused-ring (bicyclic) bond motifs is 2. The number of pyridine rings is 2. The van der Waals surface area contributed by atoms with Gasteiger partial charge in [0, 0.05) is 35.8 Å². The lowest BCUT2D eigenvalue weighted by molar-refractivity contribution is -0.125. The summed E-state index contributed by atoms with van der Waals surface area (Å²) >= 11 is 0. The summed E-state index contributed by atoms with van der Waals surface area (Å²) in [6, 6.07) is 7.21. The van der Waals surface area contributed by atoms with Crippen LogP contribution in [0.1, 0.15) is 23.9 Å². The molecule has 1 aliphatic heterocycles. The number of carbonyl (C=O) groups excluding carboxylic acids is 1. The van der Waals surface area contributed by atoms with Crippen LogP contribution in [0.15, 0.2) is 47.8 Å². The molecule has 0 bridgehead atoms. The van der Waals surface area contributed by atoms with Gasteiger partial charge in [0.2, 0.25) is 0 Å². The topological polar surface area (TPSA) is 101 Å². The minimum Gasteiger partial charge on any atom is -0.476 e. The molecule has 11 heteroatoms. The fourth-order valence-electron chi connectivity index (χ4n) is 4.35. The minimum absolute atomic E-state index is 0.00601.